The van der Waals surface area contributed by atoms with E-state index in [1.165, 1.54) is 6.07 Å². The molecular formula is C26H25ClF3NO3. The summed E-state index contributed by atoms with van der Waals surface area (Å²) < 4.78 is 50.9. The molecule has 0 aliphatic rings. The molecule has 0 fully saturated rings. The highest BCUT2D eigenvalue weighted by atomic mass is 35.5. The topological polar surface area (TPSA) is 47.6 Å². The van der Waals surface area contributed by atoms with Crippen LogP contribution in [0.4, 0.5) is 18.9 Å². The molecule has 34 heavy (non-hydrogen) atoms. The number of benzene rings is 3. The summed E-state index contributed by atoms with van der Waals surface area (Å²) in [4.78, 5) is 12.8. The van der Waals surface area contributed by atoms with Crippen LogP contribution >= 0.6 is 11.6 Å². The van der Waals surface area contributed by atoms with E-state index in [9.17, 15) is 18.0 Å². The molecule has 0 saturated carbocycles. The largest absolute Gasteiger partial charge is 0.493 e. The molecule has 1 amide bonds. The van der Waals surface area contributed by atoms with Crippen molar-refractivity contribution in [1.82, 2.24) is 0 Å². The first-order valence-corrected chi connectivity index (χ1v) is 11.0. The Morgan fingerprint density at radius 2 is 1.71 bits per heavy atom. The van der Waals surface area contributed by atoms with Crippen LogP contribution in [0.3, 0.4) is 0 Å². The van der Waals surface area contributed by atoms with Crippen molar-refractivity contribution in [3.8, 4) is 11.5 Å². The fraction of sp³-hybridized carbons (Fsp3) is 0.269. The van der Waals surface area contributed by atoms with Crippen molar-refractivity contribution in [2.45, 2.75) is 40.5 Å². The van der Waals surface area contributed by atoms with Crippen molar-refractivity contribution in [3.05, 3.63) is 86.9 Å². The van der Waals surface area contributed by atoms with Gasteiger partial charge in [0.25, 0.3) is 5.91 Å². The van der Waals surface area contributed by atoms with Crippen molar-refractivity contribution in [2.24, 2.45) is 0 Å². The summed E-state index contributed by atoms with van der Waals surface area (Å²) in [6.07, 6.45) is -4.56. The highest BCUT2D eigenvalue weighted by Gasteiger charge is 2.31. The number of ether oxygens (including phenoxy) is 2. The zero-order valence-electron chi connectivity index (χ0n) is 19.3. The van der Waals surface area contributed by atoms with Gasteiger partial charge in [-0.3, -0.25) is 4.79 Å². The summed E-state index contributed by atoms with van der Waals surface area (Å²) in [5, 5.41) is 2.46. The van der Waals surface area contributed by atoms with Gasteiger partial charge in [0.1, 0.15) is 18.1 Å². The fourth-order valence-electron chi connectivity index (χ4n) is 3.43. The minimum Gasteiger partial charge on any atom is -0.493 e. The van der Waals surface area contributed by atoms with Crippen LogP contribution in [0.5, 0.6) is 11.5 Å². The van der Waals surface area contributed by atoms with Crippen LogP contribution in [0.15, 0.2) is 48.5 Å². The molecule has 0 heterocycles. The lowest BCUT2D eigenvalue weighted by atomic mass is 10.1. The second-order valence-corrected chi connectivity index (χ2v) is 8.30. The van der Waals surface area contributed by atoms with Gasteiger partial charge in [-0.25, -0.2) is 0 Å². The molecule has 0 radical (unpaired) electrons. The van der Waals surface area contributed by atoms with Gasteiger partial charge in [0.2, 0.25) is 0 Å². The number of halogens is 4. The van der Waals surface area contributed by atoms with Crippen LogP contribution in [0, 0.1) is 20.8 Å². The highest BCUT2D eigenvalue weighted by Crippen LogP contribution is 2.34. The predicted molar refractivity (Wildman–Crippen MR) is 127 cm³/mol. The fourth-order valence-corrected chi connectivity index (χ4v) is 3.59. The second kappa shape index (κ2) is 10.4. The standard InChI is InChI=1S/C26H25ClF3NO3/c1-5-33-23-9-6-18(12-19(23)14-34-24-11-15(2)10-16(3)17(24)4)25(32)31-22-13-20(26(28,29)30)7-8-21(22)27/h6-13H,5,14H2,1-4H3,(H,31,32). The number of aryl methyl sites for hydroxylation is 2. The average Bonchev–Trinajstić information content (AvgIpc) is 2.76. The quantitative estimate of drug-likeness (QED) is 0.372. The first kappa shape index (κ1) is 25.4. The third-order valence-electron chi connectivity index (χ3n) is 5.31. The Morgan fingerprint density at radius 3 is 2.38 bits per heavy atom. The van der Waals surface area contributed by atoms with E-state index in [1.54, 1.807) is 12.1 Å². The van der Waals surface area contributed by atoms with E-state index in [4.69, 9.17) is 21.1 Å². The summed E-state index contributed by atoms with van der Waals surface area (Å²) in [6.45, 7) is 8.36. The number of alkyl halides is 3. The molecule has 0 saturated heterocycles. The van der Waals surface area contributed by atoms with Crippen LogP contribution < -0.4 is 14.8 Å². The normalized spacial score (nSPS) is 11.3. The molecule has 0 aliphatic carbocycles. The number of nitrogens with one attached hydrogen (secondary N) is 1. The molecule has 0 atom stereocenters. The lowest BCUT2D eigenvalue weighted by Crippen LogP contribution is -2.14. The zero-order valence-corrected chi connectivity index (χ0v) is 20.0. The van der Waals surface area contributed by atoms with Crippen LogP contribution in [0.2, 0.25) is 5.02 Å². The van der Waals surface area contributed by atoms with Gasteiger partial charge in [-0.05, 0) is 86.8 Å². The Labute approximate surface area is 201 Å². The molecule has 3 aromatic carbocycles. The number of hydrogen-bond acceptors (Lipinski definition) is 3. The number of carbonyl (C=O) groups is 1. The van der Waals surface area contributed by atoms with Crippen molar-refractivity contribution < 1.29 is 27.4 Å². The molecule has 0 aliphatic heterocycles. The maximum atomic E-state index is 13.0. The summed E-state index contributed by atoms with van der Waals surface area (Å²) in [7, 11) is 0. The molecule has 3 aromatic rings. The van der Waals surface area contributed by atoms with Crippen LogP contribution in [0.25, 0.3) is 0 Å². The molecule has 3 rings (SSSR count). The summed E-state index contributed by atoms with van der Waals surface area (Å²) in [5.74, 6) is 0.678. The van der Waals surface area contributed by atoms with Crippen molar-refractivity contribution >= 4 is 23.2 Å². The van der Waals surface area contributed by atoms with Crippen molar-refractivity contribution in [2.75, 3.05) is 11.9 Å². The van der Waals surface area contributed by atoms with E-state index >= 15 is 0 Å². The Kier molecular flexibility index (Phi) is 7.77. The van der Waals surface area contributed by atoms with Gasteiger partial charge in [-0.1, -0.05) is 17.7 Å². The maximum absolute atomic E-state index is 13.0. The minimum absolute atomic E-state index is 0.00105. The minimum atomic E-state index is -4.56. The van der Waals surface area contributed by atoms with Crippen molar-refractivity contribution in [1.29, 1.82) is 0 Å². The Balaban J connectivity index is 1.86. The predicted octanol–water partition coefficient (Wildman–Crippen LogP) is 7.51. The van der Waals surface area contributed by atoms with Gasteiger partial charge >= 0.3 is 6.18 Å². The molecule has 1 N–H and O–H groups in total. The molecule has 8 heteroatoms. The number of anilines is 1. The first-order chi connectivity index (χ1) is 16.0. The lowest BCUT2D eigenvalue weighted by Gasteiger charge is -2.16. The molecule has 0 spiro atoms. The summed E-state index contributed by atoms with van der Waals surface area (Å²) in [5.41, 5.74) is 3.00. The Hall–Kier alpha value is -3.19. The van der Waals surface area contributed by atoms with Gasteiger partial charge < -0.3 is 14.8 Å². The average molecular weight is 492 g/mol. The van der Waals surface area contributed by atoms with Gasteiger partial charge in [-0.15, -0.1) is 0 Å². The van der Waals surface area contributed by atoms with Gasteiger partial charge in [0.15, 0.2) is 0 Å². The molecule has 0 unspecified atom stereocenters. The third kappa shape index (κ3) is 6.03. The molecule has 0 bridgehead atoms. The second-order valence-electron chi connectivity index (χ2n) is 7.90. The smallest absolute Gasteiger partial charge is 0.416 e. The van der Waals surface area contributed by atoms with E-state index in [1.807, 2.05) is 33.8 Å². The van der Waals surface area contributed by atoms with Crippen LogP contribution in [-0.4, -0.2) is 12.5 Å². The highest BCUT2D eigenvalue weighted by molar-refractivity contribution is 6.34. The number of carbonyl (C=O) groups excluding carboxylic acids is 1. The molecule has 0 aromatic heterocycles. The molecular weight excluding hydrogens is 467 g/mol. The first-order valence-electron chi connectivity index (χ1n) is 10.6. The Morgan fingerprint density at radius 1 is 0.971 bits per heavy atom. The zero-order chi connectivity index (χ0) is 25.0. The van der Waals surface area contributed by atoms with E-state index in [0.717, 1.165) is 40.6 Å². The third-order valence-corrected chi connectivity index (χ3v) is 5.64. The number of amides is 1. The monoisotopic (exact) mass is 491 g/mol. The Bertz CT molecular complexity index is 1210. The van der Waals surface area contributed by atoms with Crippen LogP contribution in [0.1, 0.15) is 45.1 Å². The van der Waals surface area contributed by atoms with E-state index in [0.29, 0.717) is 17.9 Å². The molecule has 180 valence electrons. The number of rotatable bonds is 7. The van der Waals surface area contributed by atoms with Gasteiger partial charge in [0, 0.05) is 11.1 Å². The van der Waals surface area contributed by atoms with E-state index in [-0.39, 0.29) is 22.9 Å². The van der Waals surface area contributed by atoms with Gasteiger partial charge in [-0.2, -0.15) is 13.2 Å². The lowest BCUT2D eigenvalue weighted by molar-refractivity contribution is -0.137. The van der Waals surface area contributed by atoms with E-state index in [2.05, 4.69) is 11.4 Å². The van der Waals surface area contributed by atoms with Gasteiger partial charge in [0.05, 0.1) is 22.9 Å². The summed E-state index contributed by atoms with van der Waals surface area (Å²) in [6, 6.07) is 11.5. The van der Waals surface area contributed by atoms with Crippen LogP contribution in [-0.2, 0) is 12.8 Å². The maximum Gasteiger partial charge on any atom is 0.416 e. The van der Waals surface area contributed by atoms with Crippen molar-refractivity contribution in [3.63, 3.8) is 0 Å². The van der Waals surface area contributed by atoms with E-state index < -0.39 is 17.6 Å². The SMILES string of the molecule is CCOc1ccc(C(=O)Nc2cc(C(F)(F)F)ccc2Cl)cc1COc1cc(C)cc(C)c1C. The molecule has 4 nitrogen and oxygen atoms in total. The summed E-state index contributed by atoms with van der Waals surface area (Å²) >= 11 is 6.01. The number of hydrogen-bond donors (Lipinski definition) is 1.